The summed E-state index contributed by atoms with van der Waals surface area (Å²) in [7, 11) is 0. The Morgan fingerprint density at radius 1 is 1.67 bits per heavy atom. The molecule has 6 heteroatoms. The second-order valence-corrected chi connectivity index (χ2v) is 3.86. The lowest BCUT2D eigenvalue weighted by atomic mass is 10.5. The molecule has 0 fully saturated rings. The molecule has 0 aliphatic rings. The van der Waals surface area contributed by atoms with Crippen LogP contribution in [0, 0.1) is 0 Å². The summed E-state index contributed by atoms with van der Waals surface area (Å²) >= 11 is 3.42. The van der Waals surface area contributed by atoms with E-state index in [1.807, 2.05) is 29.5 Å². The molecule has 0 atom stereocenters. The Hall–Kier alpha value is -0.240. The molecule has 1 amide bonds. The molecule has 0 aliphatic heterocycles. The Bertz CT molecular complexity index is 276. The van der Waals surface area contributed by atoms with E-state index in [0.29, 0.717) is 9.56 Å². The van der Waals surface area contributed by atoms with E-state index in [0.717, 1.165) is 11.4 Å². The fraction of sp³-hybridized carbons (Fsp3) is 0.500. The summed E-state index contributed by atoms with van der Waals surface area (Å²) in [6.45, 7) is 2.00. The molecule has 0 spiro atoms. The van der Waals surface area contributed by atoms with Crippen molar-refractivity contribution in [3.05, 3.63) is 5.01 Å². The van der Waals surface area contributed by atoms with Crippen molar-refractivity contribution in [1.29, 1.82) is 0 Å². The Balaban J connectivity index is 2.58. The van der Waals surface area contributed by atoms with Crippen LogP contribution in [0.3, 0.4) is 0 Å². The van der Waals surface area contributed by atoms with Crippen molar-refractivity contribution < 1.29 is 4.79 Å². The molecule has 1 rings (SSSR count). The fourth-order valence-electron chi connectivity index (χ4n) is 0.600. The van der Waals surface area contributed by atoms with Crippen LogP contribution < -0.4 is 5.32 Å². The largest absolute Gasteiger partial charge is 0.300 e. The van der Waals surface area contributed by atoms with Gasteiger partial charge in [-0.05, 0) is 6.42 Å². The van der Waals surface area contributed by atoms with E-state index >= 15 is 0 Å². The number of alkyl halides is 1. The van der Waals surface area contributed by atoms with Crippen LogP contribution in [-0.2, 0) is 11.2 Å². The maximum Gasteiger partial charge on any atom is 0.236 e. The third-order valence-corrected chi connectivity index (χ3v) is 2.81. The summed E-state index contributed by atoms with van der Waals surface area (Å²) < 4.78 is 0.443. The number of hydrogen-bond donors (Lipinski definition) is 1. The van der Waals surface area contributed by atoms with E-state index in [9.17, 15) is 4.79 Å². The van der Waals surface area contributed by atoms with Crippen LogP contribution >= 0.6 is 33.9 Å². The first kappa shape index (κ1) is 9.85. The third-order valence-electron chi connectivity index (χ3n) is 1.14. The first-order chi connectivity index (χ1) is 5.76. The molecular formula is C6H8IN3OS. The molecule has 0 aliphatic carbocycles. The first-order valence-electron chi connectivity index (χ1n) is 3.44. The van der Waals surface area contributed by atoms with Gasteiger partial charge in [-0.15, -0.1) is 10.2 Å². The van der Waals surface area contributed by atoms with E-state index < -0.39 is 0 Å². The van der Waals surface area contributed by atoms with E-state index in [1.54, 1.807) is 0 Å². The van der Waals surface area contributed by atoms with Crippen LogP contribution in [-0.4, -0.2) is 20.5 Å². The normalized spacial score (nSPS) is 9.83. The quantitative estimate of drug-likeness (QED) is 0.679. The molecule has 12 heavy (non-hydrogen) atoms. The van der Waals surface area contributed by atoms with E-state index in [2.05, 4.69) is 15.5 Å². The Kier molecular flexibility index (Phi) is 3.86. The van der Waals surface area contributed by atoms with Crippen molar-refractivity contribution in [1.82, 2.24) is 10.2 Å². The minimum atomic E-state index is -0.0330. The Morgan fingerprint density at radius 3 is 2.92 bits per heavy atom. The summed E-state index contributed by atoms with van der Waals surface area (Å²) in [6.07, 6.45) is 0.859. The van der Waals surface area contributed by atoms with Crippen molar-refractivity contribution in [2.45, 2.75) is 13.3 Å². The van der Waals surface area contributed by atoms with Crippen molar-refractivity contribution in [2.75, 3.05) is 9.74 Å². The highest BCUT2D eigenvalue weighted by Crippen LogP contribution is 2.15. The Morgan fingerprint density at radius 2 is 2.42 bits per heavy atom. The van der Waals surface area contributed by atoms with Crippen molar-refractivity contribution in [2.24, 2.45) is 0 Å². The van der Waals surface area contributed by atoms with Gasteiger partial charge in [0.2, 0.25) is 11.0 Å². The van der Waals surface area contributed by atoms with Crippen molar-refractivity contribution >= 4 is 45.0 Å². The summed E-state index contributed by atoms with van der Waals surface area (Å²) in [6, 6.07) is 0. The number of carbonyl (C=O) groups is 1. The zero-order chi connectivity index (χ0) is 8.97. The van der Waals surface area contributed by atoms with Crippen molar-refractivity contribution in [3.8, 4) is 0 Å². The van der Waals surface area contributed by atoms with Gasteiger partial charge in [0.1, 0.15) is 5.01 Å². The van der Waals surface area contributed by atoms with Gasteiger partial charge in [0.15, 0.2) is 0 Å². The van der Waals surface area contributed by atoms with Gasteiger partial charge in [0.05, 0.1) is 4.43 Å². The minimum absolute atomic E-state index is 0.0330. The molecule has 0 saturated heterocycles. The van der Waals surface area contributed by atoms with Crippen LogP contribution in [0.4, 0.5) is 5.13 Å². The number of rotatable bonds is 3. The van der Waals surface area contributed by atoms with Crippen molar-refractivity contribution in [3.63, 3.8) is 0 Å². The predicted octanol–water partition coefficient (Wildman–Crippen LogP) is 1.47. The molecule has 1 aromatic heterocycles. The topological polar surface area (TPSA) is 54.9 Å². The summed E-state index contributed by atoms with van der Waals surface area (Å²) in [4.78, 5) is 10.9. The lowest BCUT2D eigenvalue weighted by Gasteiger charge is -1.93. The predicted molar refractivity (Wildman–Crippen MR) is 56.8 cm³/mol. The standard InChI is InChI=1S/C6H8IN3OS/c1-2-5-9-10-6(12-5)8-4(11)3-7/h2-3H2,1H3,(H,8,10,11). The van der Waals surface area contributed by atoms with Crippen LogP contribution in [0.25, 0.3) is 0 Å². The first-order valence-corrected chi connectivity index (χ1v) is 5.78. The molecule has 4 nitrogen and oxygen atoms in total. The third kappa shape index (κ3) is 2.67. The van der Waals surface area contributed by atoms with E-state index in [1.165, 1.54) is 11.3 Å². The van der Waals surface area contributed by atoms with Gasteiger partial charge in [-0.2, -0.15) is 0 Å². The molecule has 1 heterocycles. The summed E-state index contributed by atoms with van der Waals surface area (Å²) in [5, 5.41) is 11.9. The van der Waals surface area contributed by atoms with E-state index in [-0.39, 0.29) is 5.91 Å². The van der Waals surface area contributed by atoms with Crippen LogP contribution in [0.1, 0.15) is 11.9 Å². The monoisotopic (exact) mass is 297 g/mol. The summed E-state index contributed by atoms with van der Waals surface area (Å²) in [5.41, 5.74) is 0. The fourth-order valence-corrected chi connectivity index (χ4v) is 1.49. The number of aromatic nitrogens is 2. The highest BCUT2D eigenvalue weighted by atomic mass is 127. The Labute approximate surface area is 87.9 Å². The molecular weight excluding hydrogens is 289 g/mol. The summed E-state index contributed by atoms with van der Waals surface area (Å²) in [5.74, 6) is -0.0330. The molecule has 66 valence electrons. The molecule has 1 N–H and O–H groups in total. The van der Waals surface area contributed by atoms with Crippen LogP contribution in [0.15, 0.2) is 0 Å². The van der Waals surface area contributed by atoms with Gasteiger partial charge in [-0.25, -0.2) is 0 Å². The molecule has 1 aromatic rings. The SMILES string of the molecule is CCc1nnc(NC(=O)CI)s1. The number of amides is 1. The number of nitrogens with one attached hydrogen (secondary N) is 1. The van der Waals surface area contributed by atoms with Crippen LogP contribution in [0.5, 0.6) is 0 Å². The number of hydrogen-bond acceptors (Lipinski definition) is 4. The highest BCUT2D eigenvalue weighted by Gasteiger charge is 2.04. The van der Waals surface area contributed by atoms with Gasteiger partial charge >= 0.3 is 0 Å². The molecule has 0 radical (unpaired) electrons. The highest BCUT2D eigenvalue weighted by molar-refractivity contribution is 14.1. The van der Waals surface area contributed by atoms with E-state index in [4.69, 9.17) is 0 Å². The molecule has 0 aromatic carbocycles. The molecule has 0 saturated carbocycles. The van der Waals surface area contributed by atoms with Gasteiger partial charge in [-0.3, -0.25) is 10.1 Å². The average Bonchev–Trinajstić information content (AvgIpc) is 2.52. The minimum Gasteiger partial charge on any atom is -0.300 e. The smallest absolute Gasteiger partial charge is 0.236 e. The van der Waals surface area contributed by atoms with Gasteiger partial charge < -0.3 is 0 Å². The molecule has 0 bridgehead atoms. The maximum atomic E-state index is 10.9. The van der Waals surface area contributed by atoms with Gasteiger partial charge in [0.25, 0.3) is 0 Å². The molecule has 0 unspecified atom stereocenters. The van der Waals surface area contributed by atoms with Crippen LogP contribution in [0.2, 0.25) is 0 Å². The zero-order valence-electron chi connectivity index (χ0n) is 6.50. The second-order valence-electron chi connectivity index (χ2n) is 2.04. The average molecular weight is 297 g/mol. The lowest BCUT2D eigenvalue weighted by molar-refractivity contribution is -0.113. The number of carbonyl (C=O) groups excluding carboxylic acids is 1. The number of anilines is 1. The van der Waals surface area contributed by atoms with Gasteiger partial charge in [-0.1, -0.05) is 40.9 Å². The maximum absolute atomic E-state index is 10.9. The number of aryl methyl sites for hydroxylation is 1. The zero-order valence-corrected chi connectivity index (χ0v) is 9.48. The number of halogens is 1. The second kappa shape index (κ2) is 4.70. The van der Waals surface area contributed by atoms with Gasteiger partial charge in [0, 0.05) is 0 Å². The number of nitrogens with zero attached hydrogens (tertiary/aromatic N) is 2. The lowest BCUT2D eigenvalue weighted by Crippen LogP contribution is -2.11.